The zero-order valence-corrected chi connectivity index (χ0v) is 16.4. The second-order valence-electron chi connectivity index (χ2n) is 5.99. The minimum Gasteiger partial charge on any atom is -0.497 e. The van der Waals surface area contributed by atoms with Crippen molar-refractivity contribution in [2.45, 2.75) is 25.7 Å². The van der Waals surface area contributed by atoms with Crippen LogP contribution in [-0.2, 0) is 10.0 Å². The fourth-order valence-electron chi connectivity index (χ4n) is 2.79. The molecule has 0 aliphatic carbocycles. The molecule has 0 amide bonds. The maximum absolute atomic E-state index is 13.4. The number of hydrogen-bond donors (Lipinski definition) is 0. The van der Waals surface area contributed by atoms with Gasteiger partial charge in [0.25, 0.3) is 10.0 Å². The number of rotatable bonds is 6. The molecule has 0 saturated heterocycles. The Morgan fingerprint density at radius 3 is 2.37 bits per heavy atom. The molecule has 1 heterocycles. The lowest BCUT2D eigenvalue weighted by molar-refractivity contribution is 0.394. The molecule has 3 aromatic rings. The van der Waals surface area contributed by atoms with E-state index in [1.807, 2.05) is 0 Å². The molecule has 0 aliphatic heterocycles. The average Bonchev–Trinajstić information content (AvgIpc) is 3.09. The molecule has 0 saturated carbocycles. The minimum absolute atomic E-state index is 0.208. The minimum atomic E-state index is -3.77. The molecule has 0 aliphatic rings. The maximum atomic E-state index is 13.4. The monoisotopic (exact) mass is 387 g/mol. The first-order chi connectivity index (χ1) is 12.9. The van der Waals surface area contributed by atoms with Crippen LogP contribution in [0.4, 0.5) is 5.69 Å². The highest BCUT2D eigenvalue weighted by Gasteiger charge is 2.26. The van der Waals surface area contributed by atoms with Crippen LogP contribution >= 0.6 is 0 Å². The summed E-state index contributed by atoms with van der Waals surface area (Å²) >= 11 is 0. The van der Waals surface area contributed by atoms with E-state index in [1.165, 1.54) is 4.31 Å². The fourth-order valence-corrected chi connectivity index (χ4v) is 4.52. The molecule has 0 bridgehead atoms. The third kappa shape index (κ3) is 3.66. The molecular weight excluding hydrogens is 366 g/mol. The van der Waals surface area contributed by atoms with E-state index in [-0.39, 0.29) is 4.90 Å². The highest BCUT2D eigenvalue weighted by Crippen LogP contribution is 2.29. The highest BCUT2D eigenvalue weighted by atomic mass is 32.2. The van der Waals surface area contributed by atoms with Gasteiger partial charge in [0.15, 0.2) is 0 Å². The standard InChI is InChI=1S/C19H21N3O4S/c1-5-22(16-8-10-17(25-4)11-9-16)27(23,24)18-12-15(7-6-13(18)2)19-20-14(3)26-21-19/h6-12H,5H2,1-4H3. The molecule has 0 atom stereocenters. The van der Waals surface area contributed by atoms with E-state index < -0.39 is 10.0 Å². The zero-order valence-electron chi connectivity index (χ0n) is 15.6. The van der Waals surface area contributed by atoms with Gasteiger partial charge in [-0.1, -0.05) is 17.3 Å². The number of ether oxygens (including phenoxy) is 1. The smallest absolute Gasteiger partial charge is 0.264 e. The summed E-state index contributed by atoms with van der Waals surface area (Å²) in [6.07, 6.45) is 0. The van der Waals surface area contributed by atoms with Crippen LogP contribution < -0.4 is 9.04 Å². The van der Waals surface area contributed by atoms with Crippen LogP contribution in [-0.4, -0.2) is 32.2 Å². The molecular formula is C19H21N3O4S. The molecule has 0 spiro atoms. The maximum Gasteiger partial charge on any atom is 0.264 e. The summed E-state index contributed by atoms with van der Waals surface area (Å²) in [4.78, 5) is 4.38. The topological polar surface area (TPSA) is 85.5 Å². The van der Waals surface area contributed by atoms with E-state index in [0.717, 1.165) is 0 Å². The summed E-state index contributed by atoms with van der Waals surface area (Å²) in [6.45, 7) is 5.54. The molecule has 0 radical (unpaired) electrons. The van der Waals surface area contributed by atoms with Crippen molar-refractivity contribution in [2.75, 3.05) is 18.0 Å². The molecule has 3 rings (SSSR count). The third-order valence-corrected chi connectivity index (χ3v) is 6.23. The van der Waals surface area contributed by atoms with Crippen LogP contribution in [0.3, 0.4) is 0 Å². The molecule has 1 aromatic heterocycles. The number of aryl methyl sites for hydroxylation is 2. The van der Waals surface area contributed by atoms with Crippen LogP contribution in [0.2, 0.25) is 0 Å². The van der Waals surface area contributed by atoms with E-state index in [0.29, 0.717) is 40.8 Å². The lowest BCUT2D eigenvalue weighted by Gasteiger charge is -2.24. The number of methoxy groups -OCH3 is 1. The molecule has 27 heavy (non-hydrogen) atoms. The number of hydrogen-bond acceptors (Lipinski definition) is 6. The van der Waals surface area contributed by atoms with Crippen molar-refractivity contribution >= 4 is 15.7 Å². The number of aromatic nitrogens is 2. The van der Waals surface area contributed by atoms with E-state index in [1.54, 1.807) is 70.3 Å². The molecule has 0 unspecified atom stereocenters. The molecule has 142 valence electrons. The van der Waals surface area contributed by atoms with Gasteiger partial charge in [0.05, 0.1) is 17.7 Å². The first-order valence-corrected chi connectivity index (χ1v) is 9.89. The normalized spacial score (nSPS) is 11.4. The summed E-state index contributed by atoms with van der Waals surface area (Å²) in [7, 11) is -2.20. The van der Waals surface area contributed by atoms with Gasteiger partial charge in [-0.05, 0) is 49.7 Å². The predicted molar refractivity (Wildman–Crippen MR) is 102 cm³/mol. The second-order valence-corrected chi connectivity index (χ2v) is 7.82. The van der Waals surface area contributed by atoms with Crippen molar-refractivity contribution in [1.82, 2.24) is 10.1 Å². The Labute approximate surface area is 158 Å². The van der Waals surface area contributed by atoms with Crippen LogP contribution in [0.25, 0.3) is 11.4 Å². The summed E-state index contributed by atoms with van der Waals surface area (Å²) < 4.78 is 38.2. The van der Waals surface area contributed by atoms with Crippen molar-refractivity contribution < 1.29 is 17.7 Å². The quantitative estimate of drug-likeness (QED) is 0.643. The summed E-state index contributed by atoms with van der Waals surface area (Å²) in [5.41, 5.74) is 1.80. The van der Waals surface area contributed by atoms with Crippen molar-refractivity contribution in [3.8, 4) is 17.1 Å². The Morgan fingerprint density at radius 2 is 1.81 bits per heavy atom. The van der Waals surface area contributed by atoms with Gasteiger partial charge in [-0.2, -0.15) is 4.98 Å². The Kier molecular flexibility index (Phi) is 5.18. The first-order valence-electron chi connectivity index (χ1n) is 8.45. The summed E-state index contributed by atoms with van der Waals surface area (Å²) in [5, 5.41) is 3.87. The Balaban J connectivity index is 2.06. The second kappa shape index (κ2) is 7.40. The number of nitrogens with zero attached hydrogens (tertiary/aromatic N) is 3. The molecule has 0 fully saturated rings. The molecule has 2 aromatic carbocycles. The largest absolute Gasteiger partial charge is 0.497 e. The van der Waals surface area contributed by atoms with E-state index in [4.69, 9.17) is 9.26 Å². The van der Waals surface area contributed by atoms with Gasteiger partial charge < -0.3 is 9.26 Å². The predicted octanol–water partition coefficient (Wildman–Crippen LogP) is 3.58. The molecule has 8 heteroatoms. The lowest BCUT2D eigenvalue weighted by atomic mass is 10.1. The molecule has 7 nitrogen and oxygen atoms in total. The Bertz CT molecular complexity index is 1040. The van der Waals surface area contributed by atoms with Crippen LogP contribution in [0.5, 0.6) is 5.75 Å². The third-order valence-electron chi connectivity index (χ3n) is 4.19. The summed E-state index contributed by atoms with van der Waals surface area (Å²) in [5.74, 6) is 1.44. The number of sulfonamides is 1. The average molecular weight is 387 g/mol. The fraction of sp³-hybridized carbons (Fsp3) is 0.263. The Morgan fingerprint density at radius 1 is 1.11 bits per heavy atom. The van der Waals surface area contributed by atoms with Crippen molar-refractivity contribution in [3.05, 3.63) is 53.9 Å². The van der Waals surface area contributed by atoms with Gasteiger partial charge in [0.2, 0.25) is 11.7 Å². The molecule has 0 N–H and O–H groups in total. The van der Waals surface area contributed by atoms with Gasteiger partial charge in [-0.3, -0.25) is 4.31 Å². The van der Waals surface area contributed by atoms with Crippen LogP contribution in [0, 0.1) is 13.8 Å². The van der Waals surface area contributed by atoms with Crippen LogP contribution in [0.15, 0.2) is 51.9 Å². The first kappa shape index (κ1) is 18.9. The number of benzene rings is 2. The number of anilines is 1. The van der Waals surface area contributed by atoms with Gasteiger partial charge in [-0.15, -0.1) is 0 Å². The van der Waals surface area contributed by atoms with Crippen LogP contribution in [0.1, 0.15) is 18.4 Å². The zero-order chi connectivity index (χ0) is 19.6. The van der Waals surface area contributed by atoms with E-state index in [2.05, 4.69) is 10.1 Å². The van der Waals surface area contributed by atoms with Gasteiger partial charge in [0, 0.05) is 19.0 Å². The SMILES string of the molecule is CCN(c1ccc(OC)cc1)S(=O)(=O)c1cc(-c2noc(C)n2)ccc1C. The lowest BCUT2D eigenvalue weighted by Crippen LogP contribution is -2.31. The van der Waals surface area contributed by atoms with Gasteiger partial charge in [0.1, 0.15) is 5.75 Å². The van der Waals surface area contributed by atoms with Crippen molar-refractivity contribution in [3.63, 3.8) is 0 Å². The summed E-state index contributed by atoms with van der Waals surface area (Å²) in [6, 6.07) is 12.0. The van der Waals surface area contributed by atoms with Crippen molar-refractivity contribution in [2.24, 2.45) is 0 Å². The van der Waals surface area contributed by atoms with E-state index >= 15 is 0 Å². The van der Waals surface area contributed by atoms with Gasteiger partial charge >= 0.3 is 0 Å². The van der Waals surface area contributed by atoms with E-state index in [9.17, 15) is 8.42 Å². The Hall–Kier alpha value is -2.87. The van der Waals surface area contributed by atoms with Gasteiger partial charge in [-0.25, -0.2) is 8.42 Å². The van der Waals surface area contributed by atoms with Crippen molar-refractivity contribution in [1.29, 1.82) is 0 Å². The highest BCUT2D eigenvalue weighted by molar-refractivity contribution is 7.92.